The smallest absolute Gasteiger partial charge is 0.137 e. The van der Waals surface area contributed by atoms with Crippen LogP contribution in [0.25, 0.3) is 54.6 Å². The molecule has 0 N–H and O–H groups in total. The first kappa shape index (κ1) is 31.6. The maximum atomic E-state index is 6.78. The van der Waals surface area contributed by atoms with Gasteiger partial charge in [-0.15, -0.1) is 0 Å². The Bertz CT molecular complexity index is 3040. The van der Waals surface area contributed by atoms with E-state index in [4.69, 9.17) is 8.83 Å². The standard InChI is InChI=1S/C52H38N2O2/c1-51(2)39-19-11-13-21-43(39)53(33-15-7-5-8-16-33)45-29-49-37(27-41(45)51)35-23-31-26-48-36(24-32(31)25-47(35)55-49)38-28-42-46(30-50(38)56-48)54(34-17-9-6-10-18-34)44-22-14-12-20-40(44)52(42,3)4/h5-30H,1-4H3. The lowest BCUT2D eigenvalue weighted by atomic mass is 9.73. The van der Waals surface area contributed by atoms with Crippen LogP contribution in [-0.2, 0) is 10.8 Å². The first-order valence-electron chi connectivity index (χ1n) is 19.5. The van der Waals surface area contributed by atoms with Crippen molar-refractivity contribution in [1.29, 1.82) is 0 Å². The highest BCUT2D eigenvalue weighted by molar-refractivity contribution is 6.16. The van der Waals surface area contributed by atoms with Gasteiger partial charge < -0.3 is 18.6 Å². The molecule has 0 atom stereocenters. The molecule has 56 heavy (non-hydrogen) atoms. The van der Waals surface area contributed by atoms with Gasteiger partial charge in [-0.05, 0) is 106 Å². The van der Waals surface area contributed by atoms with Crippen LogP contribution in [0.5, 0.6) is 0 Å². The van der Waals surface area contributed by atoms with Crippen LogP contribution in [-0.4, -0.2) is 0 Å². The van der Waals surface area contributed by atoms with Crippen molar-refractivity contribution in [3.8, 4) is 0 Å². The van der Waals surface area contributed by atoms with Crippen LogP contribution in [0.15, 0.2) is 167 Å². The molecule has 4 nitrogen and oxygen atoms in total. The molecular formula is C52H38N2O2. The highest BCUT2D eigenvalue weighted by Gasteiger charge is 2.39. The van der Waals surface area contributed by atoms with Crippen LogP contribution < -0.4 is 9.80 Å². The number of fused-ring (bicyclic) bond motifs is 11. The lowest BCUT2D eigenvalue weighted by Gasteiger charge is -2.42. The molecule has 2 aromatic heterocycles. The highest BCUT2D eigenvalue weighted by Crippen LogP contribution is 2.55. The van der Waals surface area contributed by atoms with Gasteiger partial charge >= 0.3 is 0 Å². The minimum Gasteiger partial charge on any atom is -0.456 e. The van der Waals surface area contributed by atoms with Gasteiger partial charge in [0.25, 0.3) is 0 Å². The van der Waals surface area contributed by atoms with Crippen LogP contribution in [0.2, 0.25) is 0 Å². The monoisotopic (exact) mass is 722 g/mol. The van der Waals surface area contributed by atoms with Crippen molar-refractivity contribution in [3.05, 3.63) is 180 Å². The molecule has 0 fully saturated rings. The third kappa shape index (κ3) is 4.19. The van der Waals surface area contributed by atoms with E-state index in [0.29, 0.717) is 0 Å². The number of nitrogens with zero attached hydrogens (tertiary/aromatic N) is 2. The first-order chi connectivity index (χ1) is 27.3. The quantitative estimate of drug-likeness (QED) is 0.178. The van der Waals surface area contributed by atoms with Crippen molar-refractivity contribution in [3.63, 3.8) is 0 Å². The van der Waals surface area contributed by atoms with Gasteiger partial charge in [-0.25, -0.2) is 0 Å². The van der Waals surface area contributed by atoms with Crippen LogP contribution >= 0.6 is 0 Å². The molecule has 0 amide bonds. The summed E-state index contributed by atoms with van der Waals surface area (Å²) in [5.41, 5.74) is 15.3. The van der Waals surface area contributed by atoms with Crippen molar-refractivity contribution in [2.24, 2.45) is 0 Å². The zero-order valence-electron chi connectivity index (χ0n) is 31.7. The number of rotatable bonds is 2. The minimum absolute atomic E-state index is 0.211. The predicted octanol–water partition coefficient (Wildman–Crippen LogP) is 14.9. The minimum atomic E-state index is -0.211. The highest BCUT2D eigenvalue weighted by atomic mass is 16.3. The van der Waals surface area contributed by atoms with E-state index in [-0.39, 0.29) is 10.8 Å². The molecule has 0 bridgehead atoms. The summed E-state index contributed by atoms with van der Waals surface area (Å²) in [7, 11) is 0. The topological polar surface area (TPSA) is 32.8 Å². The molecule has 8 aromatic carbocycles. The van der Waals surface area contributed by atoms with E-state index in [2.05, 4.69) is 195 Å². The molecule has 0 saturated heterocycles. The Balaban J connectivity index is 1.06. The maximum absolute atomic E-state index is 6.78. The Morgan fingerprint density at radius 3 is 1.12 bits per heavy atom. The summed E-state index contributed by atoms with van der Waals surface area (Å²) in [6, 6.07) is 57.1. The van der Waals surface area contributed by atoms with Crippen molar-refractivity contribution in [1.82, 2.24) is 0 Å². The summed E-state index contributed by atoms with van der Waals surface area (Å²) >= 11 is 0. The molecule has 2 aliphatic heterocycles. The fourth-order valence-corrected chi connectivity index (χ4v) is 9.89. The number of hydrogen-bond donors (Lipinski definition) is 0. The molecule has 4 heterocycles. The second kappa shape index (κ2) is 10.9. The Morgan fingerprint density at radius 1 is 0.339 bits per heavy atom. The van der Waals surface area contributed by atoms with E-state index in [1.54, 1.807) is 0 Å². The average molecular weight is 723 g/mol. The van der Waals surface area contributed by atoms with Gasteiger partial charge in [0.15, 0.2) is 0 Å². The summed E-state index contributed by atoms with van der Waals surface area (Å²) < 4.78 is 13.6. The lowest BCUT2D eigenvalue weighted by molar-refractivity contribution is 0.630. The lowest BCUT2D eigenvalue weighted by Crippen LogP contribution is -2.30. The zero-order chi connectivity index (χ0) is 37.5. The van der Waals surface area contributed by atoms with Crippen molar-refractivity contribution >= 4 is 88.8 Å². The first-order valence-corrected chi connectivity index (χ1v) is 19.5. The fraction of sp³-hybridized carbons (Fsp3) is 0.115. The van der Waals surface area contributed by atoms with E-state index >= 15 is 0 Å². The summed E-state index contributed by atoms with van der Waals surface area (Å²) in [6.45, 7) is 9.36. The predicted molar refractivity (Wildman–Crippen MR) is 232 cm³/mol. The third-order valence-electron chi connectivity index (χ3n) is 12.7. The number of anilines is 6. The van der Waals surface area contributed by atoms with Crippen molar-refractivity contribution in [2.45, 2.75) is 38.5 Å². The molecular weight excluding hydrogens is 685 g/mol. The molecule has 4 heteroatoms. The average Bonchev–Trinajstić information content (AvgIpc) is 3.75. The Kier molecular flexibility index (Phi) is 6.15. The maximum Gasteiger partial charge on any atom is 0.137 e. The molecule has 0 aliphatic carbocycles. The molecule has 0 unspecified atom stereocenters. The second-order valence-electron chi connectivity index (χ2n) is 16.6. The van der Waals surface area contributed by atoms with Gasteiger partial charge in [0.2, 0.25) is 0 Å². The van der Waals surface area contributed by atoms with E-state index in [1.165, 1.54) is 33.6 Å². The van der Waals surface area contributed by atoms with Crippen LogP contribution in [0.1, 0.15) is 49.9 Å². The number of furan rings is 2. The van der Waals surface area contributed by atoms with Gasteiger partial charge in [0.05, 0.1) is 22.7 Å². The molecule has 0 spiro atoms. The van der Waals surface area contributed by atoms with E-state index in [9.17, 15) is 0 Å². The van der Waals surface area contributed by atoms with Crippen molar-refractivity contribution < 1.29 is 8.83 Å². The van der Waals surface area contributed by atoms with E-state index < -0.39 is 0 Å². The summed E-state index contributed by atoms with van der Waals surface area (Å²) in [5, 5.41) is 6.73. The van der Waals surface area contributed by atoms with Gasteiger partial charge in [-0.3, -0.25) is 0 Å². The second-order valence-corrected chi connectivity index (χ2v) is 16.6. The molecule has 12 rings (SSSR count). The van der Waals surface area contributed by atoms with Gasteiger partial charge in [-0.2, -0.15) is 0 Å². The zero-order valence-corrected chi connectivity index (χ0v) is 31.7. The Morgan fingerprint density at radius 2 is 0.696 bits per heavy atom. The molecule has 0 saturated carbocycles. The Hall–Kier alpha value is -6.78. The number of para-hydroxylation sites is 4. The fourth-order valence-electron chi connectivity index (χ4n) is 9.89. The Labute approximate surface area is 324 Å². The van der Waals surface area contributed by atoms with E-state index in [1.807, 2.05) is 0 Å². The summed E-state index contributed by atoms with van der Waals surface area (Å²) in [6.07, 6.45) is 0. The summed E-state index contributed by atoms with van der Waals surface area (Å²) in [5.74, 6) is 0. The largest absolute Gasteiger partial charge is 0.456 e. The van der Waals surface area contributed by atoms with Gasteiger partial charge in [0.1, 0.15) is 22.3 Å². The number of benzene rings is 8. The number of hydrogen-bond acceptors (Lipinski definition) is 4. The van der Waals surface area contributed by atoms with Crippen molar-refractivity contribution in [2.75, 3.05) is 9.80 Å². The third-order valence-corrected chi connectivity index (χ3v) is 12.7. The van der Waals surface area contributed by atoms with Crippen LogP contribution in [0, 0.1) is 0 Å². The van der Waals surface area contributed by atoms with E-state index in [0.717, 1.165) is 77.4 Å². The molecule has 2 aliphatic rings. The SMILES string of the molecule is CC1(C)c2ccccc2N(c2ccccc2)c2cc3oc4cc5cc6c(cc5cc4c3cc21)oc1cc2c(cc16)C(C)(C)c1ccccc1N2c1ccccc1. The van der Waals surface area contributed by atoms with Crippen LogP contribution in [0.4, 0.5) is 34.1 Å². The normalized spacial score (nSPS) is 15.4. The molecule has 268 valence electrons. The summed E-state index contributed by atoms with van der Waals surface area (Å²) in [4.78, 5) is 4.77. The van der Waals surface area contributed by atoms with Gasteiger partial charge in [0, 0.05) is 55.9 Å². The van der Waals surface area contributed by atoms with Crippen LogP contribution in [0.3, 0.4) is 0 Å². The molecule has 10 aromatic rings. The molecule has 0 radical (unpaired) electrons. The van der Waals surface area contributed by atoms with Gasteiger partial charge in [-0.1, -0.05) is 100 Å².